The Morgan fingerprint density at radius 3 is 2.56 bits per heavy atom. The molecule has 0 aliphatic carbocycles. The van der Waals surface area contributed by atoms with Crippen molar-refractivity contribution in [1.29, 1.82) is 0 Å². The number of hydrogen-bond donors (Lipinski definition) is 1. The molecule has 0 saturated carbocycles. The van der Waals surface area contributed by atoms with Crippen molar-refractivity contribution in [1.82, 2.24) is 5.32 Å². The molecule has 0 heterocycles. The fourth-order valence-corrected chi connectivity index (χ4v) is 1.47. The van der Waals surface area contributed by atoms with Gasteiger partial charge in [-0.3, -0.25) is 4.79 Å². The van der Waals surface area contributed by atoms with E-state index in [0.29, 0.717) is 6.61 Å². The number of hydrogen-bond acceptors (Lipinski definition) is 3. The molecule has 0 aliphatic heterocycles. The van der Waals surface area contributed by atoms with E-state index in [1.807, 2.05) is 31.2 Å². The van der Waals surface area contributed by atoms with Crippen molar-refractivity contribution >= 4 is 12.0 Å². The van der Waals surface area contributed by atoms with E-state index in [-0.39, 0.29) is 11.9 Å². The Bertz CT molecular complexity index is 398. The van der Waals surface area contributed by atoms with Gasteiger partial charge in [0.1, 0.15) is 5.75 Å². The zero-order chi connectivity index (χ0) is 13.4. The largest absolute Gasteiger partial charge is 0.497 e. The van der Waals surface area contributed by atoms with Crippen molar-refractivity contribution in [3.8, 4) is 5.75 Å². The molecule has 0 unspecified atom stereocenters. The Morgan fingerprint density at radius 1 is 1.33 bits per heavy atom. The highest BCUT2D eigenvalue weighted by Gasteiger charge is 2.03. The van der Waals surface area contributed by atoms with Gasteiger partial charge in [-0.25, -0.2) is 0 Å². The van der Waals surface area contributed by atoms with Gasteiger partial charge < -0.3 is 14.8 Å². The molecule has 0 spiro atoms. The van der Waals surface area contributed by atoms with Crippen LogP contribution in [-0.4, -0.2) is 32.8 Å². The summed E-state index contributed by atoms with van der Waals surface area (Å²) in [6.45, 7) is 2.39. The first-order valence-corrected chi connectivity index (χ1v) is 5.77. The number of carbonyl (C=O) groups excluding carboxylic acids is 1. The van der Waals surface area contributed by atoms with Gasteiger partial charge >= 0.3 is 0 Å². The number of nitrogens with one attached hydrogen (secondary N) is 1. The first-order valence-electron chi connectivity index (χ1n) is 5.77. The van der Waals surface area contributed by atoms with Crippen LogP contribution in [0.2, 0.25) is 0 Å². The van der Waals surface area contributed by atoms with Gasteiger partial charge in [-0.05, 0) is 30.7 Å². The van der Waals surface area contributed by atoms with E-state index in [9.17, 15) is 4.79 Å². The fourth-order valence-electron chi connectivity index (χ4n) is 1.47. The third kappa shape index (κ3) is 5.01. The van der Waals surface area contributed by atoms with Crippen LogP contribution in [0.1, 0.15) is 12.5 Å². The molecule has 1 atom stereocenters. The van der Waals surface area contributed by atoms with Crippen LogP contribution in [0.3, 0.4) is 0 Å². The third-order valence-electron chi connectivity index (χ3n) is 2.35. The topological polar surface area (TPSA) is 47.6 Å². The summed E-state index contributed by atoms with van der Waals surface area (Å²) in [5.41, 5.74) is 0.949. The molecule has 4 nitrogen and oxygen atoms in total. The Kier molecular flexibility index (Phi) is 5.94. The molecule has 1 amide bonds. The van der Waals surface area contributed by atoms with Gasteiger partial charge in [0.25, 0.3) is 0 Å². The highest BCUT2D eigenvalue weighted by atomic mass is 16.5. The van der Waals surface area contributed by atoms with Crippen LogP contribution < -0.4 is 10.1 Å². The average Bonchev–Trinajstić information content (AvgIpc) is 2.37. The molecule has 4 heteroatoms. The average molecular weight is 249 g/mol. The summed E-state index contributed by atoms with van der Waals surface area (Å²) in [6.07, 6.45) is 3.27. The molecule has 0 aliphatic rings. The number of amides is 1. The van der Waals surface area contributed by atoms with Gasteiger partial charge in [0.15, 0.2) is 0 Å². The van der Waals surface area contributed by atoms with Gasteiger partial charge in [0, 0.05) is 19.2 Å². The SMILES string of the molecule is COC[C@@H](C)NC(=O)/C=C/c1ccc(OC)cc1. The highest BCUT2D eigenvalue weighted by Crippen LogP contribution is 2.12. The number of ether oxygens (including phenoxy) is 2. The summed E-state index contributed by atoms with van der Waals surface area (Å²) in [5, 5.41) is 2.80. The van der Waals surface area contributed by atoms with Gasteiger partial charge in [-0.2, -0.15) is 0 Å². The summed E-state index contributed by atoms with van der Waals surface area (Å²) in [6, 6.07) is 7.49. The molecule has 98 valence electrons. The Labute approximate surface area is 108 Å². The smallest absolute Gasteiger partial charge is 0.244 e. The van der Waals surface area contributed by atoms with E-state index in [2.05, 4.69) is 5.32 Å². The summed E-state index contributed by atoms with van der Waals surface area (Å²) in [7, 11) is 3.23. The molecule has 1 rings (SSSR count). The maximum atomic E-state index is 11.5. The predicted octanol–water partition coefficient (Wildman–Crippen LogP) is 1.86. The second kappa shape index (κ2) is 7.50. The maximum Gasteiger partial charge on any atom is 0.244 e. The number of carbonyl (C=O) groups is 1. The first kappa shape index (κ1) is 14.3. The van der Waals surface area contributed by atoms with Crippen LogP contribution in [0, 0.1) is 0 Å². The summed E-state index contributed by atoms with van der Waals surface area (Å²) >= 11 is 0. The zero-order valence-electron chi connectivity index (χ0n) is 11.0. The lowest BCUT2D eigenvalue weighted by Crippen LogP contribution is -2.34. The molecular weight excluding hydrogens is 230 g/mol. The van der Waals surface area contributed by atoms with Gasteiger partial charge in [-0.15, -0.1) is 0 Å². The van der Waals surface area contributed by atoms with Crippen molar-refractivity contribution in [2.75, 3.05) is 20.8 Å². The van der Waals surface area contributed by atoms with Crippen LogP contribution >= 0.6 is 0 Å². The fraction of sp³-hybridized carbons (Fsp3) is 0.357. The van der Waals surface area contributed by atoms with E-state index in [4.69, 9.17) is 9.47 Å². The van der Waals surface area contributed by atoms with E-state index >= 15 is 0 Å². The minimum absolute atomic E-state index is 0.00279. The highest BCUT2D eigenvalue weighted by molar-refractivity contribution is 5.91. The normalized spacial score (nSPS) is 12.4. The van der Waals surface area contributed by atoms with E-state index in [1.54, 1.807) is 20.3 Å². The molecular formula is C14H19NO3. The number of benzene rings is 1. The second-order valence-electron chi connectivity index (χ2n) is 3.97. The third-order valence-corrected chi connectivity index (χ3v) is 2.35. The molecule has 0 fully saturated rings. The molecule has 0 saturated heterocycles. The number of rotatable bonds is 6. The first-order chi connectivity index (χ1) is 8.65. The molecule has 1 aromatic carbocycles. The van der Waals surface area contributed by atoms with Crippen molar-refractivity contribution in [2.45, 2.75) is 13.0 Å². The Hall–Kier alpha value is -1.81. The Morgan fingerprint density at radius 2 is 2.00 bits per heavy atom. The predicted molar refractivity (Wildman–Crippen MR) is 71.5 cm³/mol. The van der Waals surface area contributed by atoms with Crippen LogP contribution in [0.15, 0.2) is 30.3 Å². The van der Waals surface area contributed by atoms with E-state index in [0.717, 1.165) is 11.3 Å². The number of methoxy groups -OCH3 is 2. The standard InChI is InChI=1S/C14H19NO3/c1-11(10-17-2)15-14(16)9-6-12-4-7-13(18-3)8-5-12/h4-9,11H,10H2,1-3H3,(H,15,16)/b9-6+/t11-/m1/s1. The van der Waals surface area contributed by atoms with E-state index in [1.165, 1.54) is 6.08 Å². The minimum atomic E-state index is -0.129. The van der Waals surface area contributed by atoms with Gasteiger partial charge in [-0.1, -0.05) is 12.1 Å². The zero-order valence-corrected chi connectivity index (χ0v) is 11.0. The lowest BCUT2D eigenvalue weighted by molar-refractivity contribution is -0.117. The molecule has 1 aromatic rings. The summed E-state index contributed by atoms with van der Waals surface area (Å²) < 4.78 is 10.00. The molecule has 0 radical (unpaired) electrons. The lowest BCUT2D eigenvalue weighted by Gasteiger charge is -2.10. The van der Waals surface area contributed by atoms with Crippen LogP contribution in [0.25, 0.3) is 6.08 Å². The molecule has 0 bridgehead atoms. The lowest BCUT2D eigenvalue weighted by atomic mass is 10.2. The van der Waals surface area contributed by atoms with E-state index < -0.39 is 0 Å². The molecule has 1 N–H and O–H groups in total. The van der Waals surface area contributed by atoms with Crippen molar-refractivity contribution < 1.29 is 14.3 Å². The second-order valence-corrected chi connectivity index (χ2v) is 3.97. The van der Waals surface area contributed by atoms with Crippen LogP contribution in [0.5, 0.6) is 5.75 Å². The maximum absolute atomic E-state index is 11.5. The monoisotopic (exact) mass is 249 g/mol. The summed E-state index contributed by atoms with van der Waals surface area (Å²) in [4.78, 5) is 11.5. The van der Waals surface area contributed by atoms with Crippen LogP contribution in [-0.2, 0) is 9.53 Å². The van der Waals surface area contributed by atoms with Crippen molar-refractivity contribution in [3.05, 3.63) is 35.9 Å². The molecule has 18 heavy (non-hydrogen) atoms. The Balaban J connectivity index is 2.49. The summed E-state index contributed by atoms with van der Waals surface area (Å²) in [5.74, 6) is 0.667. The minimum Gasteiger partial charge on any atom is -0.497 e. The van der Waals surface area contributed by atoms with Gasteiger partial charge in [0.05, 0.1) is 13.7 Å². The van der Waals surface area contributed by atoms with Crippen molar-refractivity contribution in [2.24, 2.45) is 0 Å². The quantitative estimate of drug-likeness (QED) is 0.783. The van der Waals surface area contributed by atoms with Gasteiger partial charge in [0.2, 0.25) is 5.91 Å². The molecule has 0 aromatic heterocycles. The van der Waals surface area contributed by atoms with Crippen molar-refractivity contribution in [3.63, 3.8) is 0 Å². The van der Waals surface area contributed by atoms with Crippen LogP contribution in [0.4, 0.5) is 0 Å².